The van der Waals surface area contributed by atoms with E-state index >= 15 is 0 Å². The van der Waals surface area contributed by atoms with Gasteiger partial charge in [0.1, 0.15) is 0 Å². The average Bonchev–Trinajstić information content (AvgIpc) is 2.59. The van der Waals surface area contributed by atoms with E-state index < -0.39 is 10.2 Å². The molecule has 3 aromatic rings. The lowest BCUT2D eigenvalue weighted by Crippen LogP contribution is -2.68. The zero-order valence-electron chi connectivity index (χ0n) is 13.2. The first-order valence-electron chi connectivity index (χ1n) is 7.58. The van der Waals surface area contributed by atoms with Gasteiger partial charge in [0, 0.05) is 6.42 Å². The summed E-state index contributed by atoms with van der Waals surface area (Å²) in [6.45, 7) is 0. The Bertz CT molecular complexity index is 853. The molecule has 0 amide bonds. The van der Waals surface area contributed by atoms with E-state index in [2.05, 4.69) is 54.6 Å². The fourth-order valence-corrected chi connectivity index (χ4v) is 2.88. The van der Waals surface area contributed by atoms with Gasteiger partial charge in [-0.2, -0.15) is 0 Å². The molecule has 0 saturated heterocycles. The molecule has 0 unspecified atom stereocenters. The average molecular weight is 359 g/mol. The molecule has 0 fully saturated rings. The van der Waals surface area contributed by atoms with Crippen LogP contribution in [0.4, 0.5) is 0 Å². The molecule has 6 heteroatoms. The van der Waals surface area contributed by atoms with Gasteiger partial charge in [-0.3, -0.25) is 0 Å². The van der Waals surface area contributed by atoms with Gasteiger partial charge in [-0.05, 0) is 22.8 Å². The van der Waals surface area contributed by atoms with E-state index in [1.807, 2.05) is 12.3 Å². The van der Waals surface area contributed by atoms with Crippen molar-refractivity contribution in [2.45, 2.75) is 12.8 Å². The minimum Gasteiger partial charge on any atom is -0.222 e. The monoisotopic (exact) mass is 358 g/mol. The summed E-state index contributed by atoms with van der Waals surface area (Å²) >= 11 is 0. The molecule has 2 aromatic carbocycles. The van der Waals surface area contributed by atoms with E-state index in [4.69, 9.17) is 23.1 Å². The largest absolute Gasteiger partial charge is 0.336 e. The van der Waals surface area contributed by atoms with Crippen molar-refractivity contribution in [3.8, 4) is 11.1 Å². The molecule has 1 heterocycles. The van der Waals surface area contributed by atoms with Crippen LogP contribution in [0.5, 0.6) is 0 Å². The van der Waals surface area contributed by atoms with E-state index in [0.717, 1.165) is 24.2 Å². The van der Waals surface area contributed by atoms with Crippen molar-refractivity contribution in [2.75, 3.05) is 0 Å². The number of benzene rings is 2. The van der Waals surface area contributed by atoms with Gasteiger partial charge in [0.05, 0.1) is 17.5 Å². The summed E-state index contributed by atoms with van der Waals surface area (Å²) in [7, 11) is -4.94. The highest BCUT2D eigenvalue weighted by atomic mass is 35.7. The van der Waals surface area contributed by atoms with E-state index in [1.165, 1.54) is 22.3 Å². The van der Waals surface area contributed by atoms with Crippen LogP contribution in [0.2, 0.25) is 0 Å². The van der Waals surface area contributed by atoms with Crippen LogP contribution in [-0.4, -0.2) is 0 Å². The summed E-state index contributed by atoms with van der Waals surface area (Å²) in [5, 5.41) is 0. The minimum absolute atomic E-state index is 0.903. The SMILES string of the molecule is [O-][Cl+3]([O-])([O-])[O-].c1ccc(-c2c[o+]c3c(c2)Cc2ccccc2C3)cc1. The van der Waals surface area contributed by atoms with Gasteiger partial charge in [0.2, 0.25) is 0 Å². The predicted octanol–water partition coefficient (Wildman–Crippen LogP) is -0.0333. The second-order valence-electron chi connectivity index (χ2n) is 5.65. The smallest absolute Gasteiger partial charge is 0.222 e. The Morgan fingerprint density at radius 2 is 1.24 bits per heavy atom. The number of fused-ring (bicyclic) bond motifs is 2. The molecular formula is C19H15ClO5. The Hall–Kier alpha value is -2.28. The second-order valence-corrected chi connectivity index (χ2v) is 6.41. The first-order chi connectivity index (χ1) is 11.9. The van der Waals surface area contributed by atoms with Gasteiger partial charge in [0.15, 0.2) is 0 Å². The molecule has 0 N–H and O–H groups in total. The standard InChI is InChI=1S/C19H15O.ClHO4/c1-2-6-14(7-3-1)18-11-17-10-15-8-4-5-9-16(15)12-19(17)20-13-18;2-1(3,4)5/h1-9,11,13H,10,12H2;(H,2,3,4,5)/q+1;/p-1. The van der Waals surface area contributed by atoms with Gasteiger partial charge in [-0.25, -0.2) is 23.1 Å². The van der Waals surface area contributed by atoms with Gasteiger partial charge >= 0.3 is 12.0 Å². The number of hydrogen-bond acceptors (Lipinski definition) is 4. The quantitative estimate of drug-likeness (QED) is 0.444. The van der Waals surface area contributed by atoms with Gasteiger partial charge in [-0.1, -0.05) is 54.6 Å². The number of rotatable bonds is 1. The molecule has 4 rings (SSSR count). The molecule has 128 valence electrons. The van der Waals surface area contributed by atoms with Crippen molar-refractivity contribution in [2.24, 2.45) is 0 Å². The van der Waals surface area contributed by atoms with Crippen molar-refractivity contribution >= 4 is 0 Å². The second kappa shape index (κ2) is 7.31. The van der Waals surface area contributed by atoms with Crippen LogP contribution in [0.3, 0.4) is 0 Å². The third-order valence-electron chi connectivity index (χ3n) is 3.97. The zero-order valence-corrected chi connectivity index (χ0v) is 13.9. The van der Waals surface area contributed by atoms with Crippen LogP contribution in [0.1, 0.15) is 22.5 Å². The molecule has 0 bridgehead atoms. The Morgan fingerprint density at radius 1 is 0.680 bits per heavy atom. The van der Waals surface area contributed by atoms with Crippen LogP contribution in [0.25, 0.3) is 11.1 Å². The normalized spacial score (nSPS) is 12.5. The molecule has 0 radical (unpaired) electrons. The van der Waals surface area contributed by atoms with Crippen LogP contribution >= 0.6 is 0 Å². The maximum Gasteiger partial charge on any atom is 0.336 e. The highest BCUT2D eigenvalue weighted by molar-refractivity contribution is 5.63. The van der Waals surface area contributed by atoms with Gasteiger partial charge < -0.3 is 0 Å². The first kappa shape index (κ1) is 17.5. The summed E-state index contributed by atoms with van der Waals surface area (Å²) in [4.78, 5) is 0. The van der Waals surface area contributed by atoms with Crippen LogP contribution in [-0.2, 0) is 12.8 Å². The molecule has 1 aliphatic carbocycles. The summed E-state index contributed by atoms with van der Waals surface area (Å²) in [6.07, 6.45) is 3.75. The van der Waals surface area contributed by atoms with Crippen molar-refractivity contribution in [1.29, 1.82) is 0 Å². The lowest BCUT2D eigenvalue weighted by Gasteiger charge is -2.17. The minimum atomic E-state index is -4.94. The number of hydrogen-bond donors (Lipinski definition) is 0. The van der Waals surface area contributed by atoms with E-state index in [9.17, 15) is 0 Å². The zero-order chi connectivity index (χ0) is 17.9. The summed E-state index contributed by atoms with van der Waals surface area (Å²) in [5.41, 5.74) is 6.48. The van der Waals surface area contributed by atoms with Crippen molar-refractivity contribution in [1.82, 2.24) is 0 Å². The first-order valence-corrected chi connectivity index (χ1v) is 8.81. The van der Waals surface area contributed by atoms with Crippen molar-refractivity contribution in [3.63, 3.8) is 0 Å². The summed E-state index contributed by atoms with van der Waals surface area (Å²) < 4.78 is 39.9. The highest BCUT2D eigenvalue weighted by Crippen LogP contribution is 2.30. The maximum atomic E-state index is 8.49. The molecule has 0 aliphatic heterocycles. The van der Waals surface area contributed by atoms with E-state index in [1.54, 1.807) is 0 Å². The third-order valence-corrected chi connectivity index (χ3v) is 3.97. The third kappa shape index (κ3) is 4.85. The molecule has 0 spiro atoms. The molecular weight excluding hydrogens is 344 g/mol. The van der Waals surface area contributed by atoms with Crippen molar-refractivity contribution in [3.05, 3.63) is 89.4 Å². The number of halogens is 1. The summed E-state index contributed by atoms with van der Waals surface area (Å²) in [6, 6.07) is 21.3. The van der Waals surface area contributed by atoms with Crippen LogP contribution < -0.4 is 18.6 Å². The Kier molecular flexibility index (Phi) is 5.13. The Morgan fingerprint density at radius 3 is 1.88 bits per heavy atom. The molecule has 25 heavy (non-hydrogen) atoms. The van der Waals surface area contributed by atoms with Crippen LogP contribution in [0.15, 0.2) is 71.3 Å². The predicted molar refractivity (Wildman–Crippen MR) is 80.6 cm³/mol. The summed E-state index contributed by atoms with van der Waals surface area (Å²) in [5.74, 6) is 1.10. The van der Waals surface area contributed by atoms with Gasteiger partial charge in [0.25, 0.3) is 0 Å². The fourth-order valence-electron chi connectivity index (χ4n) is 2.88. The lowest BCUT2D eigenvalue weighted by molar-refractivity contribution is -2.00. The highest BCUT2D eigenvalue weighted by Gasteiger charge is 2.24. The molecule has 1 aromatic heterocycles. The van der Waals surface area contributed by atoms with Gasteiger partial charge in [-0.15, -0.1) is 10.2 Å². The van der Waals surface area contributed by atoms with E-state index in [-0.39, 0.29) is 0 Å². The van der Waals surface area contributed by atoms with Crippen LogP contribution in [0, 0.1) is 10.2 Å². The van der Waals surface area contributed by atoms with Crippen molar-refractivity contribution < 1.29 is 33.3 Å². The maximum absolute atomic E-state index is 8.49. The lowest BCUT2D eigenvalue weighted by atomic mass is 9.89. The van der Waals surface area contributed by atoms with E-state index in [0.29, 0.717) is 0 Å². The molecule has 0 atom stereocenters. The molecule has 5 nitrogen and oxygen atoms in total. The fraction of sp³-hybridized carbons (Fsp3) is 0.105. The Labute approximate surface area is 147 Å². The Balaban J connectivity index is 0.000000324. The topological polar surface area (TPSA) is 104 Å². The molecule has 1 aliphatic rings. The molecule has 0 saturated carbocycles.